The van der Waals surface area contributed by atoms with E-state index in [0.29, 0.717) is 11.3 Å². The number of hydrogen-bond donors (Lipinski definition) is 3. The SMILES string of the molecule is CCCCc1ccc(Nc2ncnc(NNC(=O)Cc3ccc([N+](=O)[O-])cc3)c2[N+](=O)[O-])cc1. The van der Waals surface area contributed by atoms with Gasteiger partial charge in [0.05, 0.1) is 16.3 Å². The summed E-state index contributed by atoms with van der Waals surface area (Å²) in [6, 6.07) is 13.0. The topological polar surface area (TPSA) is 165 Å². The van der Waals surface area contributed by atoms with Gasteiger partial charge in [-0.05, 0) is 36.1 Å². The molecule has 1 aromatic heterocycles. The molecule has 0 unspecified atom stereocenters. The van der Waals surface area contributed by atoms with Gasteiger partial charge in [0.2, 0.25) is 17.5 Å². The fourth-order valence-electron chi connectivity index (χ4n) is 3.10. The van der Waals surface area contributed by atoms with Gasteiger partial charge in [-0.1, -0.05) is 37.6 Å². The summed E-state index contributed by atoms with van der Waals surface area (Å²) in [7, 11) is 0. The minimum absolute atomic E-state index is 0.0339. The number of non-ortho nitro benzene ring substituents is 1. The van der Waals surface area contributed by atoms with Gasteiger partial charge in [-0.25, -0.2) is 9.97 Å². The highest BCUT2D eigenvalue weighted by atomic mass is 16.6. The van der Waals surface area contributed by atoms with Gasteiger partial charge < -0.3 is 5.32 Å². The van der Waals surface area contributed by atoms with E-state index in [0.717, 1.165) is 25.6 Å². The van der Waals surface area contributed by atoms with Crippen LogP contribution in [0.2, 0.25) is 0 Å². The Hall–Kier alpha value is -4.61. The van der Waals surface area contributed by atoms with Crippen molar-refractivity contribution in [1.82, 2.24) is 15.4 Å². The first-order valence-electron chi connectivity index (χ1n) is 10.5. The van der Waals surface area contributed by atoms with Crippen LogP contribution in [0, 0.1) is 20.2 Å². The van der Waals surface area contributed by atoms with Crippen LogP contribution in [0.4, 0.5) is 28.7 Å². The van der Waals surface area contributed by atoms with Crippen molar-refractivity contribution < 1.29 is 14.6 Å². The van der Waals surface area contributed by atoms with E-state index in [2.05, 4.69) is 33.1 Å². The summed E-state index contributed by atoms with van der Waals surface area (Å²) in [6.07, 6.45) is 4.16. The van der Waals surface area contributed by atoms with E-state index in [4.69, 9.17) is 0 Å². The molecule has 0 spiro atoms. The summed E-state index contributed by atoms with van der Waals surface area (Å²) < 4.78 is 0. The predicted octanol–water partition coefficient (Wildman–Crippen LogP) is 4.07. The average Bonchev–Trinajstić information content (AvgIpc) is 2.82. The standard InChI is InChI=1S/C22H23N7O5/c1-2-3-4-15-5-9-17(10-6-15)25-21-20(29(33)34)22(24-14-23-21)27-26-19(30)13-16-7-11-18(12-8-16)28(31)32/h5-12,14H,2-4,13H2,1H3,(H,26,30)(H2,23,24,25,27). The van der Waals surface area contributed by atoms with Crippen LogP contribution >= 0.6 is 0 Å². The Balaban J connectivity index is 1.67. The predicted molar refractivity (Wildman–Crippen MR) is 126 cm³/mol. The first kappa shape index (κ1) is 24.0. The number of anilines is 3. The second-order valence-corrected chi connectivity index (χ2v) is 7.38. The zero-order chi connectivity index (χ0) is 24.5. The molecule has 1 heterocycles. The number of carbonyl (C=O) groups excluding carboxylic acids is 1. The summed E-state index contributed by atoms with van der Waals surface area (Å²) in [5, 5.41) is 25.3. The average molecular weight is 465 g/mol. The molecule has 0 saturated heterocycles. The fraction of sp³-hybridized carbons (Fsp3) is 0.227. The molecule has 12 nitrogen and oxygen atoms in total. The third kappa shape index (κ3) is 6.45. The molecule has 34 heavy (non-hydrogen) atoms. The molecule has 0 aliphatic heterocycles. The quantitative estimate of drug-likeness (QED) is 0.279. The van der Waals surface area contributed by atoms with Crippen LogP contribution in [-0.4, -0.2) is 25.7 Å². The molecule has 0 aliphatic carbocycles. The van der Waals surface area contributed by atoms with Crippen molar-refractivity contribution in [2.45, 2.75) is 32.6 Å². The summed E-state index contributed by atoms with van der Waals surface area (Å²) in [4.78, 5) is 41.3. The number of hydrazine groups is 1. The summed E-state index contributed by atoms with van der Waals surface area (Å²) >= 11 is 0. The molecule has 2 aromatic carbocycles. The maximum Gasteiger partial charge on any atom is 0.355 e. The highest BCUT2D eigenvalue weighted by Crippen LogP contribution is 2.30. The van der Waals surface area contributed by atoms with Crippen molar-refractivity contribution in [3.05, 3.63) is 86.2 Å². The molecular weight excluding hydrogens is 442 g/mol. The lowest BCUT2D eigenvalue weighted by atomic mass is 10.1. The normalized spacial score (nSPS) is 10.4. The van der Waals surface area contributed by atoms with Crippen LogP contribution in [-0.2, 0) is 17.6 Å². The molecular formula is C22H23N7O5. The van der Waals surface area contributed by atoms with Gasteiger partial charge in [-0.2, -0.15) is 0 Å². The molecule has 3 aromatic rings. The van der Waals surface area contributed by atoms with Crippen molar-refractivity contribution in [1.29, 1.82) is 0 Å². The first-order chi connectivity index (χ1) is 16.4. The third-order valence-corrected chi connectivity index (χ3v) is 4.87. The van der Waals surface area contributed by atoms with E-state index in [9.17, 15) is 25.0 Å². The highest BCUT2D eigenvalue weighted by Gasteiger charge is 2.23. The van der Waals surface area contributed by atoms with Crippen molar-refractivity contribution >= 4 is 34.6 Å². The lowest BCUT2D eigenvalue weighted by molar-refractivity contribution is -0.384. The number of aryl methyl sites for hydroxylation is 1. The van der Waals surface area contributed by atoms with Gasteiger partial charge in [0.1, 0.15) is 6.33 Å². The van der Waals surface area contributed by atoms with Gasteiger partial charge in [-0.15, -0.1) is 0 Å². The van der Waals surface area contributed by atoms with Crippen molar-refractivity contribution in [2.75, 3.05) is 10.7 Å². The number of rotatable bonds is 11. The smallest absolute Gasteiger partial charge is 0.334 e. The number of unbranched alkanes of at least 4 members (excludes halogenated alkanes) is 1. The van der Waals surface area contributed by atoms with Crippen molar-refractivity contribution in [2.24, 2.45) is 0 Å². The summed E-state index contributed by atoms with van der Waals surface area (Å²) in [5.41, 5.74) is 6.61. The minimum Gasteiger partial charge on any atom is -0.334 e. The number of hydrogen-bond acceptors (Lipinski definition) is 9. The van der Waals surface area contributed by atoms with Crippen molar-refractivity contribution in [3.63, 3.8) is 0 Å². The Bertz CT molecular complexity index is 1170. The number of nitro groups is 2. The highest BCUT2D eigenvalue weighted by molar-refractivity contribution is 5.81. The molecule has 3 rings (SSSR count). The third-order valence-electron chi connectivity index (χ3n) is 4.87. The van der Waals surface area contributed by atoms with E-state index in [1.54, 1.807) is 0 Å². The zero-order valence-electron chi connectivity index (χ0n) is 18.4. The van der Waals surface area contributed by atoms with Gasteiger partial charge in [-0.3, -0.25) is 35.9 Å². The molecule has 1 amide bonds. The Morgan fingerprint density at radius 3 is 2.18 bits per heavy atom. The Morgan fingerprint density at radius 1 is 0.912 bits per heavy atom. The molecule has 0 atom stereocenters. The Kier molecular flexibility index (Phi) is 8.00. The van der Waals surface area contributed by atoms with Crippen LogP contribution in [0.15, 0.2) is 54.9 Å². The maximum atomic E-state index is 12.2. The lowest BCUT2D eigenvalue weighted by Crippen LogP contribution is -2.31. The monoisotopic (exact) mass is 465 g/mol. The molecule has 12 heteroatoms. The second-order valence-electron chi connectivity index (χ2n) is 7.38. The fourth-order valence-corrected chi connectivity index (χ4v) is 3.10. The number of nitrogens with one attached hydrogen (secondary N) is 3. The van der Waals surface area contributed by atoms with Crippen molar-refractivity contribution in [3.8, 4) is 0 Å². The molecule has 3 N–H and O–H groups in total. The zero-order valence-corrected chi connectivity index (χ0v) is 18.4. The molecule has 0 radical (unpaired) electrons. The number of nitro benzene ring substituents is 1. The number of nitrogens with zero attached hydrogens (tertiary/aromatic N) is 4. The maximum absolute atomic E-state index is 12.2. The number of aromatic nitrogens is 2. The van der Waals surface area contributed by atoms with Crippen LogP contribution in [0.1, 0.15) is 30.9 Å². The second kappa shape index (κ2) is 11.3. The molecule has 176 valence electrons. The van der Waals surface area contributed by atoms with Gasteiger partial charge in [0, 0.05) is 17.8 Å². The summed E-state index contributed by atoms with van der Waals surface area (Å²) in [5.74, 6) is -0.744. The van der Waals surface area contributed by atoms with E-state index >= 15 is 0 Å². The molecule has 0 aliphatic rings. The first-order valence-corrected chi connectivity index (χ1v) is 10.5. The van der Waals surface area contributed by atoms with Gasteiger partial charge in [0.15, 0.2) is 0 Å². The Morgan fingerprint density at radius 2 is 1.56 bits per heavy atom. The van der Waals surface area contributed by atoms with E-state index in [1.807, 2.05) is 24.3 Å². The van der Waals surface area contributed by atoms with Crippen LogP contribution in [0.5, 0.6) is 0 Å². The Labute approximate surface area is 194 Å². The largest absolute Gasteiger partial charge is 0.355 e. The number of amides is 1. The minimum atomic E-state index is -0.650. The van der Waals surface area contributed by atoms with Crippen LogP contribution < -0.4 is 16.2 Å². The van der Waals surface area contributed by atoms with Crippen LogP contribution in [0.25, 0.3) is 0 Å². The number of carbonyl (C=O) groups is 1. The summed E-state index contributed by atoms with van der Waals surface area (Å²) in [6.45, 7) is 2.12. The van der Waals surface area contributed by atoms with Gasteiger partial charge >= 0.3 is 5.69 Å². The molecule has 0 bridgehead atoms. The van der Waals surface area contributed by atoms with Crippen LogP contribution in [0.3, 0.4) is 0 Å². The van der Waals surface area contributed by atoms with Gasteiger partial charge in [0.25, 0.3) is 5.69 Å². The molecule has 0 fully saturated rings. The molecule has 0 saturated carbocycles. The lowest BCUT2D eigenvalue weighted by Gasteiger charge is -2.11. The van der Waals surface area contributed by atoms with E-state index in [1.165, 1.54) is 29.8 Å². The van der Waals surface area contributed by atoms with E-state index < -0.39 is 21.4 Å². The van der Waals surface area contributed by atoms with E-state index in [-0.39, 0.29) is 23.7 Å². The number of benzene rings is 2.